The fraction of sp³-hybridized carbons (Fsp3) is 0.333. The third kappa shape index (κ3) is 4.13. The lowest BCUT2D eigenvalue weighted by Gasteiger charge is -2.14. The van der Waals surface area contributed by atoms with Crippen LogP contribution in [0, 0.1) is 0 Å². The molecular formula is C18H22N6O4P+. The molecule has 152 valence electrons. The summed E-state index contributed by atoms with van der Waals surface area (Å²) >= 11 is 0. The van der Waals surface area contributed by atoms with Gasteiger partial charge >= 0.3 is 8.18 Å². The van der Waals surface area contributed by atoms with Crippen molar-refractivity contribution in [3.63, 3.8) is 0 Å². The highest BCUT2D eigenvalue weighted by molar-refractivity contribution is 7.36. The molecule has 0 amide bonds. The van der Waals surface area contributed by atoms with Gasteiger partial charge in [-0.2, -0.15) is 0 Å². The Morgan fingerprint density at radius 3 is 2.79 bits per heavy atom. The summed E-state index contributed by atoms with van der Waals surface area (Å²) in [5, 5.41) is 26.8. The van der Waals surface area contributed by atoms with Crippen molar-refractivity contribution in [3.8, 4) is 0 Å². The van der Waals surface area contributed by atoms with E-state index in [0.717, 1.165) is 5.56 Å². The Morgan fingerprint density at radius 2 is 2.00 bits per heavy atom. The van der Waals surface area contributed by atoms with E-state index in [4.69, 9.17) is 10.3 Å². The van der Waals surface area contributed by atoms with Gasteiger partial charge < -0.3 is 20.9 Å². The third-order valence-electron chi connectivity index (χ3n) is 4.98. The first-order valence-electron chi connectivity index (χ1n) is 9.12. The highest BCUT2D eigenvalue weighted by Crippen LogP contribution is 2.33. The zero-order valence-corrected chi connectivity index (χ0v) is 16.3. The molecule has 1 fully saturated rings. The number of aromatic nitrogens is 3. The van der Waals surface area contributed by atoms with E-state index in [1.165, 1.54) is 6.33 Å². The molecule has 10 nitrogen and oxygen atoms in total. The zero-order valence-electron chi connectivity index (χ0n) is 15.4. The fourth-order valence-electron chi connectivity index (χ4n) is 3.44. The average Bonchev–Trinajstić information content (AvgIpc) is 3.28. The van der Waals surface area contributed by atoms with Gasteiger partial charge in [-0.15, -0.1) is 4.52 Å². The number of aromatic amines is 1. The lowest BCUT2D eigenvalue weighted by Crippen LogP contribution is -2.36. The molecule has 4 rings (SSSR count). The quantitative estimate of drug-likeness (QED) is 0.305. The molecule has 0 saturated carbocycles. The highest BCUT2D eigenvalue weighted by Gasteiger charge is 2.44. The number of aliphatic hydroxyl groups is 2. The van der Waals surface area contributed by atoms with Crippen LogP contribution in [-0.2, 0) is 15.6 Å². The molecule has 2 aromatic heterocycles. The van der Waals surface area contributed by atoms with Gasteiger partial charge in [0.05, 0.1) is 30.2 Å². The van der Waals surface area contributed by atoms with Crippen LogP contribution in [0.25, 0.3) is 11.0 Å². The maximum Gasteiger partial charge on any atom is 0.613 e. The van der Waals surface area contributed by atoms with Crippen molar-refractivity contribution in [1.29, 1.82) is 0 Å². The summed E-state index contributed by atoms with van der Waals surface area (Å²) in [6.45, 7) is 0.365. The predicted molar refractivity (Wildman–Crippen MR) is 107 cm³/mol. The van der Waals surface area contributed by atoms with E-state index in [1.54, 1.807) is 6.20 Å². The zero-order chi connectivity index (χ0) is 20.4. The number of fused-ring (bicyclic) bond motifs is 1. The number of aliphatic hydroxyl groups excluding tert-OH is 2. The molecule has 3 heterocycles. The maximum absolute atomic E-state index is 12.1. The Hall–Kier alpha value is -2.46. The Bertz CT molecular complexity index is 1000. The van der Waals surface area contributed by atoms with Crippen molar-refractivity contribution < 1.29 is 19.3 Å². The SMILES string of the molecule is Nc1ncnc2c([C@@H]3N[C@H](CO[P+](=O)NCc4ccccc4)[C@@H](O)[C@H]3O)c[nH]c12. The molecule has 1 aliphatic heterocycles. The molecule has 5 atom stereocenters. The van der Waals surface area contributed by atoms with Gasteiger partial charge in [-0.3, -0.25) is 5.32 Å². The van der Waals surface area contributed by atoms with Crippen LogP contribution in [0.4, 0.5) is 5.82 Å². The molecule has 0 aliphatic carbocycles. The van der Waals surface area contributed by atoms with E-state index < -0.39 is 32.5 Å². The first kappa shape index (κ1) is 19.8. The van der Waals surface area contributed by atoms with E-state index in [1.807, 2.05) is 30.3 Å². The van der Waals surface area contributed by atoms with Gasteiger partial charge in [0.2, 0.25) is 0 Å². The predicted octanol–water partition coefficient (Wildman–Crippen LogP) is 0.739. The molecule has 0 bridgehead atoms. The van der Waals surface area contributed by atoms with Gasteiger partial charge in [0.15, 0.2) is 5.82 Å². The Morgan fingerprint density at radius 1 is 1.21 bits per heavy atom. The number of nitrogens with two attached hydrogens (primary N) is 1. The normalized spacial score (nSPS) is 24.8. The molecule has 0 spiro atoms. The molecule has 1 saturated heterocycles. The molecule has 11 heteroatoms. The number of nitrogens with one attached hydrogen (secondary N) is 3. The number of nitrogens with zero attached hydrogens (tertiary/aromatic N) is 2. The number of nitrogen functional groups attached to an aromatic ring is 1. The van der Waals surface area contributed by atoms with E-state index in [9.17, 15) is 14.8 Å². The Kier molecular flexibility index (Phi) is 5.81. The fourth-order valence-corrected chi connectivity index (χ4v) is 4.14. The standard InChI is InChI=1S/C18H22N6O4P/c19-18-15-13(21-9-22-18)11(7-20-15)14-17(26)16(25)12(24-14)8-28-29(27)23-6-10-4-2-1-3-5-10/h1-5,7,9,12,14,16-17,20,24-26H,6,8H2,(H,23,27)(H2,19,21,22)/q+1/t12-,14+,16-,17+/m1/s1. The van der Waals surface area contributed by atoms with Gasteiger partial charge in [0, 0.05) is 11.8 Å². The molecule has 3 aromatic rings. The lowest BCUT2D eigenvalue weighted by molar-refractivity contribution is 0.0217. The van der Waals surface area contributed by atoms with Crippen molar-refractivity contribution >= 4 is 25.0 Å². The Labute approximate surface area is 167 Å². The number of hydrogen-bond acceptors (Lipinski definition) is 8. The van der Waals surface area contributed by atoms with Crippen molar-refractivity contribution in [2.24, 2.45) is 0 Å². The van der Waals surface area contributed by atoms with Crippen LogP contribution in [0.5, 0.6) is 0 Å². The van der Waals surface area contributed by atoms with E-state index >= 15 is 0 Å². The second-order valence-corrected chi connectivity index (χ2v) is 7.92. The highest BCUT2D eigenvalue weighted by atomic mass is 31.1. The summed E-state index contributed by atoms with van der Waals surface area (Å²) in [5.74, 6) is 0.302. The van der Waals surface area contributed by atoms with Crippen LogP contribution in [0.15, 0.2) is 42.9 Å². The molecule has 0 radical (unpaired) electrons. The van der Waals surface area contributed by atoms with Gasteiger partial charge in [-0.05, 0) is 10.1 Å². The molecule has 29 heavy (non-hydrogen) atoms. The average molecular weight is 417 g/mol. The van der Waals surface area contributed by atoms with Crippen molar-refractivity contribution in [2.45, 2.75) is 30.8 Å². The molecular weight excluding hydrogens is 395 g/mol. The minimum atomic E-state index is -2.12. The van der Waals surface area contributed by atoms with Gasteiger partial charge in [0.1, 0.15) is 24.6 Å². The van der Waals surface area contributed by atoms with Crippen molar-refractivity contribution in [2.75, 3.05) is 12.3 Å². The van der Waals surface area contributed by atoms with Crippen LogP contribution < -0.4 is 16.1 Å². The number of benzene rings is 1. The monoisotopic (exact) mass is 417 g/mol. The van der Waals surface area contributed by atoms with Crippen molar-refractivity contribution in [3.05, 3.63) is 54.0 Å². The summed E-state index contributed by atoms with van der Waals surface area (Å²) in [7, 11) is -2.12. The molecule has 1 unspecified atom stereocenters. The molecule has 7 N–H and O–H groups in total. The largest absolute Gasteiger partial charge is 0.613 e. The summed E-state index contributed by atoms with van der Waals surface area (Å²) in [6, 6.07) is 8.34. The summed E-state index contributed by atoms with van der Waals surface area (Å²) in [6.07, 6.45) is 0.834. The first-order chi connectivity index (χ1) is 14.0. The smallest absolute Gasteiger partial charge is 0.389 e. The first-order valence-corrected chi connectivity index (χ1v) is 10.3. The van der Waals surface area contributed by atoms with E-state index in [0.29, 0.717) is 29.0 Å². The van der Waals surface area contributed by atoms with Crippen LogP contribution in [0.1, 0.15) is 17.2 Å². The minimum absolute atomic E-state index is 0.0365. The third-order valence-corrected chi connectivity index (χ3v) is 5.78. The topological polar surface area (TPSA) is 158 Å². The Balaban J connectivity index is 1.37. The number of anilines is 1. The van der Waals surface area contributed by atoms with Crippen LogP contribution in [0.2, 0.25) is 0 Å². The van der Waals surface area contributed by atoms with Crippen LogP contribution in [0.3, 0.4) is 0 Å². The number of rotatable bonds is 7. The maximum atomic E-state index is 12.1. The van der Waals surface area contributed by atoms with Crippen LogP contribution >= 0.6 is 8.18 Å². The van der Waals surface area contributed by atoms with E-state index in [2.05, 4.69) is 25.4 Å². The lowest BCUT2D eigenvalue weighted by atomic mass is 10.0. The second kappa shape index (κ2) is 8.50. The van der Waals surface area contributed by atoms with Gasteiger partial charge in [0.25, 0.3) is 0 Å². The van der Waals surface area contributed by atoms with Gasteiger partial charge in [-0.1, -0.05) is 35.4 Å². The van der Waals surface area contributed by atoms with E-state index in [-0.39, 0.29) is 6.61 Å². The second-order valence-electron chi connectivity index (χ2n) is 6.83. The van der Waals surface area contributed by atoms with Crippen molar-refractivity contribution in [1.82, 2.24) is 25.4 Å². The number of hydrogen-bond donors (Lipinski definition) is 6. The van der Waals surface area contributed by atoms with Gasteiger partial charge in [-0.25, -0.2) is 9.97 Å². The number of H-pyrrole nitrogens is 1. The minimum Gasteiger partial charge on any atom is -0.389 e. The molecule has 1 aliphatic rings. The molecule has 1 aromatic carbocycles. The summed E-state index contributed by atoms with van der Waals surface area (Å²) in [4.78, 5) is 11.1. The summed E-state index contributed by atoms with van der Waals surface area (Å²) in [5.41, 5.74) is 8.61. The van der Waals surface area contributed by atoms with Crippen LogP contribution in [-0.4, -0.2) is 50.0 Å². The summed E-state index contributed by atoms with van der Waals surface area (Å²) < 4.78 is 17.4.